The molecule has 9 nitrogen and oxygen atoms in total. The number of hydrogen-bond donors (Lipinski definition) is 1. The van der Waals surface area contributed by atoms with Gasteiger partial charge < -0.3 is 19.7 Å². The van der Waals surface area contributed by atoms with Gasteiger partial charge in [-0.1, -0.05) is 42.3 Å². The van der Waals surface area contributed by atoms with Gasteiger partial charge in [0.1, 0.15) is 12.6 Å². The summed E-state index contributed by atoms with van der Waals surface area (Å²) in [5.74, 6) is -0.450. The number of rotatable bonds is 13. The number of sulfonamides is 1. The van der Waals surface area contributed by atoms with Crippen LogP contribution >= 0.6 is 23.2 Å². The quantitative estimate of drug-likeness (QED) is 0.252. The number of nitrogens with one attached hydrogen (secondary N) is 1. The molecular formula is C31H37Cl2N3O6S. The van der Waals surface area contributed by atoms with E-state index in [9.17, 15) is 18.0 Å². The molecule has 0 aliphatic rings. The second-order valence-corrected chi connectivity index (χ2v) is 12.7. The van der Waals surface area contributed by atoms with Crippen molar-refractivity contribution in [2.45, 2.75) is 51.6 Å². The first-order valence-electron chi connectivity index (χ1n) is 13.7. The Hall–Kier alpha value is -3.47. The lowest BCUT2D eigenvalue weighted by molar-refractivity contribution is -0.139. The Balaban J connectivity index is 2.13. The third-order valence-electron chi connectivity index (χ3n) is 6.82. The van der Waals surface area contributed by atoms with Crippen LogP contribution in [0.5, 0.6) is 11.5 Å². The molecule has 0 heterocycles. The number of nitrogens with zero attached hydrogens (tertiary/aromatic N) is 2. The lowest BCUT2D eigenvalue weighted by Gasteiger charge is -2.32. The number of carbonyl (C=O) groups excluding carboxylic acids is 2. The summed E-state index contributed by atoms with van der Waals surface area (Å²) < 4.78 is 40.1. The third kappa shape index (κ3) is 8.13. The summed E-state index contributed by atoms with van der Waals surface area (Å²) in [7, 11) is -1.47. The molecule has 1 atom stereocenters. The lowest BCUT2D eigenvalue weighted by atomic mass is 10.1. The summed E-state index contributed by atoms with van der Waals surface area (Å²) >= 11 is 12.9. The number of aryl methyl sites for hydroxylation is 2. The minimum atomic E-state index is -4.33. The zero-order valence-electron chi connectivity index (χ0n) is 25.1. The second-order valence-electron chi connectivity index (χ2n) is 10.1. The third-order valence-corrected chi connectivity index (χ3v) is 9.30. The number of methoxy groups -OCH3 is 2. The average molecular weight is 651 g/mol. The number of ether oxygens (including phenoxy) is 2. The molecule has 0 aliphatic carbocycles. The molecule has 2 amide bonds. The van der Waals surface area contributed by atoms with Crippen LogP contribution in [0.25, 0.3) is 0 Å². The number of hydrogen-bond acceptors (Lipinski definition) is 6. The molecule has 0 unspecified atom stereocenters. The highest BCUT2D eigenvalue weighted by Gasteiger charge is 2.33. The number of carbonyl (C=O) groups is 2. The zero-order chi connectivity index (χ0) is 31.9. The Labute approximate surface area is 263 Å². The van der Waals surface area contributed by atoms with Crippen molar-refractivity contribution in [1.29, 1.82) is 0 Å². The van der Waals surface area contributed by atoms with E-state index in [-0.39, 0.29) is 23.1 Å². The molecule has 43 heavy (non-hydrogen) atoms. The van der Waals surface area contributed by atoms with E-state index in [1.807, 2.05) is 26.8 Å². The molecule has 0 saturated heterocycles. The van der Waals surface area contributed by atoms with Gasteiger partial charge in [-0.15, -0.1) is 0 Å². The predicted octanol–water partition coefficient (Wildman–Crippen LogP) is 5.77. The van der Waals surface area contributed by atoms with E-state index >= 15 is 0 Å². The second kappa shape index (κ2) is 14.8. The van der Waals surface area contributed by atoms with E-state index in [0.717, 1.165) is 15.4 Å². The summed E-state index contributed by atoms with van der Waals surface area (Å²) in [4.78, 5) is 28.4. The zero-order valence-corrected chi connectivity index (χ0v) is 27.4. The molecule has 232 valence electrons. The number of anilines is 1. The summed E-state index contributed by atoms with van der Waals surface area (Å²) in [6, 6.07) is 13.5. The molecule has 0 aromatic heterocycles. The van der Waals surface area contributed by atoms with Crippen LogP contribution in [-0.4, -0.2) is 58.5 Å². The fraction of sp³-hybridized carbons (Fsp3) is 0.355. The van der Waals surface area contributed by atoms with Gasteiger partial charge in [-0.2, -0.15) is 0 Å². The van der Waals surface area contributed by atoms with E-state index < -0.39 is 28.5 Å². The lowest BCUT2D eigenvalue weighted by Crippen LogP contribution is -2.51. The van der Waals surface area contributed by atoms with Gasteiger partial charge in [0.15, 0.2) is 11.5 Å². The van der Waals surface area contributed by atoms with Gasteiger partial charge in [0, 0.05) is 34.8 Å². The average Bonchev–Trinajstić information content (AvgIpc) is 2.96. The smallest absolute Gasteiger partial charge is 0.264 e. The summed E-state index contributed by atoms with van der Waals surface area (Å²) in [6.07, 6.45) is 0.701. The predicted molar refractivity (Wildman–Crippen MR) is 170 cm³/mol. The van der Waals surface area contributed by atoms with Crippen molar-refractivity contribution < 1.29 is 27.5 Å². The number of halogens is 2. The molecule has 0 radical (unpaired) electrons. The highest BCUT2D eigenvalue weighted by atomic mass is 35.5. The molecular weight excluding hydrogens is 613 g/mol. The maximum absolute atomic E-state index is 14.2. The van der Waals surface area contributed by atoms with Crippen molar-refractivity contribution in [2.24, 2.45) is 0 Å². The van der Waals surface area contributed by atoms with Gasteiger partial charge in [-0.05, 0) is 74.7 Å². The van der Waals surface area contributed by atoms with Crippen molar-refractivity contribution in [3.63, 3.8) is 0 Å². The summed E-state index contributed by atoms with van der Waals surface area (Å²) in [6.45, 7) is 6.87. The van der Waals surface area contributed by atoms with Gasteiger partial charge in [0.05, 0.1) is 24.8 Å². The molecule has 0 saturated carbocycles. The van der Waals surface area contributed by atoms with Crippen molar-refractivity contribution in [2.75, 3.05) is 31.6 Å². The summed E-state index contributed by atoms with van der Waals surface area (Å²) in [5, 5.41) is 3.44. The molecule has 1 N–H and O–H groups in total. The Morgan fingerprint density at radius 2 is 1.53 bits per heavy atom. The molecule has 12 heteroatoms. The van der Waals surface area contributed by atoms with Crippen LogP contribution in [0, 0.1) is 13.8 Å². The van der Waals surface area contributed by atoms with Crippen LogP contribution in [-0.2, 0) is 26.2 Å². The Bertz CT molecular complexity index is 1540. The topological polar surface area (TPSA) is 105 Å². The fourth-order valence-corrected chi connectivity index (χ4v) is 6.49. The Morgan fingerprint density at radius 1 is 0.930 bits per heavy atom. The first-order chi connectivity index (χ1) is 20.3. The Kier molecular flexibility index (Phi) is 11.7. The molecule has 0 fully saturated rings. The molecule has 0 spiro atoms. The van der Waals surface area contributed by atoms with Crippen molar-refractivity contribution >= 4 is 50.7 Å². The van der Waals surface area contributed by atoms with Crippen LogP contribution < -0.4 is 19.1 Å². The standard InChI is InChI=1S/C31H37Cl2N3O6S/c1-7-13-34-31(38)22(4)35(18-25-26(32)9-8-10-27(25)33)30(37)19-36(23-15-20(2)14-21(3)16-23)43(39,40)24-11-12-28(41-5)29(17-24)42-6/h8-12,14-17,22H,7,13,18-19H2,1-6H3,(H,34,38)/t22-/m1/s1. The minimum Gasteiger partial charge on any atom is -0.493 e. The number of benzene rings is 3. The van der Waals surface area contributed by atoms with E-state index in [2.05, 4.69) is 5.32 Å². The highest BCUT2D eigenvalue weighted by molar-refractivity contribution is 7.92. The van der Waals surface area contributed by atoms with Crippen molar-refractivity contribution in [1.82, 2.24) is 10.2 Å². The normalized spacial score (nSPS) is 11.9. The van der Waals surface area contributed by atoms with Crippen LogP contribution in [0.15, 0.2) is 59.5 Å². The van der Waals surface area contributed by atoms with E-state index in [1.165, 1.54) is 37.3 Å². The van der Waals surface area contributed by atoms with Crippen molar-refractivity contribution in [3.8, 4) is 11.5 Å². The summed E-state index contributed by atoms with van der Waals surface area (Å²) in [5.41, 5.74) is 2.35. The SMILES string of the molecule is CCCNC(=O)[C@@H](C)N(Cc1c(Cl)cccc1Cl)C(=O)CN(c1cc(C)cc(C)c1)S(=O)(=O)c1ccc(OC)c(OC)c1. The van der Waals surface area contributed by atoms with Gasteiger partial charge in [-0.3, -0.25) is 13.9 Å². The monoisotopic (exact) mass is 649 g/mol. The molecule has 3 rings (SSSR count). The molecule has 3 aromatic rings. The van der Waals surface area contributed by atoms with E-state index in [1.54, 1.807) is 37.3 Å². The molecule has 3 aromatic carbocycles. The maximum Gasteiger partial charge on any atom is 0.264 e. The fourth-order valence-electron chi connectivity index (χ4n) is 4.56. The van der Waals surface area contributed by atoms with Crippen LogP contribution in [0.2, 0.25) is 10.0 Å². The minimum absolute atomic E-state index is 0.105. The van der Waals surface area contributed by atoms with Gasteiger partial charge in [0.2, 0.25) is 11.8 Å². The van der Waals surface area contributed by atoms with E-state index in [0.29, 0.717) is 40.0 Å². The largest absolute Gasteiger partial charge is 0.493 e. The van der Waals surface area contributed by atoms with Gasteiger partial charge in [0.25, 0.3) is 10.0 Å². The van der Waals surface area contributed by atoms with Crippen LogP contribution in [0.4, 0.5) is 5.69 Å². The van der Waals surface area contributed by atoms with Crippen LogP contribution in [0.3, 0.4) is 0 Å². The Morgan fingerprint density at radius 3 is 2.09 bits per heavy atom. The van der Waals surface area contributed by atoms with Crippen LogP contribution in [0.1, 0.15) is 37.0 Å². The van der Waals surface area contributed by atoms with Gasteiger partial charge >= 0.3 is 0 Å². The first-order valence-corrected chi connectivity index (χ1v) is 15.9. The van der Waals surface area contributed by atoms with Gasteiger partial charge in [-0.25, -0.2) is 8.42 Å². The maximum atomic E-state index is 14.2. The number of amides is 2. The highest BCUT2D eigenvalue weighted by Crippen LogP contribution is 2.33. The van der Waals surface area contributed by atoms with E-state index in [4.69, 9.17) is 32.7 Å². The van der Waals surface area contributed by atoms with Crippen molar-refractivity contribution in [3.05, 3.63) is 81.3 Å². The molecule has 0 bridgehead atoms. The molecule has 0 aliphatic heterocycles. The first kappa shape index (κ1) is 34.0.